The van der Waals surface area contributed by atoms with Gasteiger partial charge in [-0.05, 0) is 67.3 Å². The van der Waals surface area contributed by atoms with Crippen molar-refractivity contribution in [2.45, 2.75) is 33.6 Å². The lowest BCUT2D eigenvalue weighted by molar-refractivity contribution is 0.481. The Hall–Kier alpha value is -2.42. The Labute approximate surface area is 137 Å². The molecule has 0 aliphatic carbocycles. The molecule has 0 amide bonds. The number of benzene rings is 1. The predicted molar refractivity (Wildman–Crippen MR) is 94.3 cm³/mol. The minimum absolute atomic E-state index is 0.771. The van der Waals surface area contributed by atoms with Crippen LogP contribution in [-0.4, -0.2) is 11.4 Å². The normalized spacial score (nSPS) is 15.3. The SMILES string of the molecule is CCCCN1C=CC(=CC=C2N=c3cc(C)c(C)cc3=N2)C=C1. The van der Waals surface area contributed by atoms with Crippen molar-refractivity contribution in [2.75, 3.05) is 6.54 Å². The number of hydrogen-bond acceptors (Lipinski definition) is 3. The molecule has 0 atom stereocenters. The first-order valence-corrected chi connectivity index (χ1v) is 8.24. The second-order valence-corrected chi connectivity index (χ2v) is 6.06. The molecule has 118 valence electrons. The summed E-state index contributed by atoms with van der Waals surface area (Å²) in [5.41, 5.74) is 3.68. The van der Waals surface area contributed by atoms with E-state index in [0.717, 1.165) is 23.1 Å². The van der Waals surface area contributed by atoms with Crippen LogP contribution in [0.5, 0.6) is 0 Å². The smallest absolute Gasteiger partial charge is 0.153 e. The minimum Gasteiger partial charge on any atom is -0.354 e. The van der Waals surface area contributed by atoms with E-state index in [4.69, 9.17) is 0 Å². The number of unbranched alkanes of at least 4 members (excludes halogenated alkanes) is 1. The molecular weight excluding hydrogens is 282 g/mol. The summed E-state index contributed by atoms with van der Waals surface area (Å²) in [4.78, 5) is 11.4. The first-order valence-electron chi connectivity index (χ1n) is 8.24. The third-order valence-electron chi connectivity index (χ3n) is 4.17. The van der Waals surface area contributed by atoms with E-state index < -0.39 is 0 Å². The van der Waals surface area contributed by atoms with Gasteiger partial charge in [-0.2, -0.15) is 0 Å². The van der Waals surface area contributed by atoms with Gasteiger partial charge in [0, 0.05) is 18.9 Å². The molecule has 0 bridgehead atoms. The molecule has 0 aromatic heterocycles. The first kappa shape index (κ1) is 15.5. The second-order valence-electron chi connectivity index (χ2n) is 6.06. The average molecular weight is 305 g/mol. The van der Waals surface area contributed by atoms with Crippen LogP contribution in [0.2, 0.25) is 0 Å². The molecule has 2 aliphatic rings. The van der Waals surface area contributed by atoms with Crippen molar-refractivity contribution in [2.24, 2.45) is 9.98 Å². The lowest BCUT2D eigenvalue weighted by Crippen LogP contribution is -2.22. The Morgan fingerprint density at radius 2 is 1.57 bits per heavy atom. The highest BCUT2D eigenvalue weighted by molar-refractivity contribution is 5.37. The lowest BCUT2D eigenvalue weighted by atomic mass is 10.1. The van der Waals surface area contributed by atoms with E-state index in [0.29, 0.717) is 0 Å². The molecule has 1 aromatic carbocycles. The molecule has 3 rings (SSSR count). The van der Waals surface area contributed by atoms with Gasteiger partial charge >= 0.3 is 0 Å². The van der Waals surface area contributed by atoms with E-state index in [1.807, 2.05) is 6.08 Å². The molecule has 0 spiro atoms. The molecular formula is C20H23N3. The summed E-state index contributed by atoms with van der Waals surface area (Å²) in [6.07, 6.45) is 15.0. The van der Waals surface area contributed by atoms with Crippen LogP contribution in [0, 0.1) is 13.8 Å². The van der Waals surface area contributed by atoms with Crippen molar-refractivity contribution in [1.82, 2.24) is 4.90 Å². The number of aryl methyl sites for hydroxylation is 2. The van der Waals surface area contributed by atoms with Crippen molar-refractivity contribution in [1.29, 1.82) is 0 Å². The van der Waals surface area contributed by atoms with Crippen LogP contribution in [0.1, 0.15) is 30.9 Å². The van der Waals surface area contributed by atoms with Gasteiger partial charge in [-0.3, -0.25) is 0 Å². The molecule has 3 heteroatoms. The third-order valence-corrected chi connectivity index (χ3v) is 4.17. The highest BCUT2D eigenvalue weighted by Crippen LogP contribution is 2.12. The molecule has 2 aliphatic heterocycles. The molecule has 0 saturated carbocycles. The van der Waals surface area contributed by atoms with Gasteiger partial charge < -0.3 is 4.90 Å². The maximum Gasteiger partial charge on any atom is 0.153 e. The zero-order valence-electron chi connectivity index (χ0n) is 14.1. The lowest BCUT2D eigenvalue weighted by Gasteiger charge is -2.17. The monoisotopic (exact) mass is 305 g/mol. The summed E-state index contributed by atoms with van der Waals surface area (Å²) in [6.45, 7) is 7.51. The molecule has 0 radical (unpaired) electrons. The van der Waals surface area contributed by atoms with Crippen LogP contribution in [0.25, 0.3) is 0 Å². The van der Waals surface area contributed by atoms with E-state index in [2.05, 4.69) is 78.4 Å². The molecule has 0 fully saturated rings. The summed E-state index contributed by atoms with van der Waals surface area (Å²) in [6, 6.07) is 4.21. The predicted octanol–water partition coefficient (Wildman–Crippen LogP) is 3.47. The van der Waals surface area contributed by atoms with Crippen molar-refractivity contribution < 1.29 is 0 Å². The highest BCUT2D eigenvalue weighted by atomic mass is 15.1. The fourth-order valence-corrected chi connectivity index (χ4v) is 2.55. The number of rotatable bonds is 4. The van der Waals surface area contributed by atoms with Gasteiger partial charge in [0.15, 0.2) is 5.82 Å². The molecule has 1 aromatic rings. The van der Waals surface area contributed by atoms with Crippen LogP contribution in [0.15, 0.2) is 70.2 Å². The molecule has 23 heavy (non-hydrogen) atoms. The van der Waals surface area contributed by atoms with Crippen LogP contribution in [0.4, 0.5) is 0 Å². The average Bonchev–Trinajstić information content (AvgIpc) is 2.94. The zero-order chi connectivity index (χ0) is 16.2. The summed E-state index contributed by atoms with van der Waals surface area (Å²) in [7, 11) is 0. The second kappa shape index (κ2) is 6.78. The maximum absolute atomic E-state index is 4.58. The van der Waals surface area contributed by atoms with Crippen molar-refractivity contribution in [3.8, 4) is 0 Å². The van der Waals surface area contributed by atoms with Crippen molar-refractivity contribution in [3.63, 3.8) is 0 Å². The molecule has 0 saturated heterocycles. The van der Waals surface area contributed by atoms with Crippen LogP contribution < -0.4 is 10.7 Å². The summed E-state index contributed by atoms with van der Waals surface area (Å²) >= 11 is 0. The van der Waals surface area contributed by atoms with Crippen LogP contribution in [-0.2, 0) is 0 Å². The fraction of sp³-hybridized carbons (Fsp3) is 0.300. The zero-order valence-corrected chi connectivity index (χ0v) is 14.1. The summed E-state index contributed by atoms with van der Waals surface area (Å²) in [5.74, 6) is 0.771. The van der Waals surface area contributed by atoms with Gasteiger partial charge in [0.05, 0.1) is 10.7 Å². The topological polar surface area (TPSA) is 28.0 Å². The van der Waals surface area contributed by atoms with Crippen LogP contribution >= 0.6 is 0 Å². The molecule has 0 N–H and O–H groups in total. The molecule has 3 nitrogen and oxygen atoms in total. The van der Waals surface area contributed by atoms with Gasteiger partial charge in [0.25, 0.3) is 0 Å². The number of fused-ring (bicyclic) bond motifs is 1. The first-order chi connectivity index (χ1) is 11.2. The van der Waals surface area contributed by atoms with Gasteiger partial charge in [0.1, 0.15) is 0 Å². The molecule has 0 unspecified atom stereocenters. The van der Waals surface area contributed by atoms with E-state index in [-0.39, 0.29) is 0 Å². The van der Waals surface area contributed by atoms with E-state index in [1.165, 1.54) is 29.5 Å². The quantitative estimate of drug-likeness (QED) is 0.837. The number of hydrogen-bond donors (Lipinski definition) is 0. The minimum atomic E-state index is 0.771. The fourth-order valence-electron chi connectivity index (χ4n) is 2.55. The Morgan fingerprint density at radius 1 is 0.957 bits per heavy atom. The standard InChI is InChI=1S/C20H23N3/c1-4-5-10-23-11-8-17(9-12-23)6-7-20-21-18-13-15(2)16(3)14-19(18)22-20/h6-9,11-14H,4-5,10H2,1-3H3. The van der Waals surface area contributed by atoms with Crippen molar-refractivity contribution in [3.05, 3.63) is 82.1 Å². The number of allylic oxidation sites excluding steroid dienone is 5. The Bertz CT molecular complexity index is 779. The van der Waals surface area contributed by atoms with E-state index in [1.54, 1.807) is 0 Å². The number of nitrogens with zero attached hydrogens (tertiary/aromatic N) is 3. The maximum atomic E-state index is 4.58. The Balaban J connectivity index is 1.75. The van der Waals surface area contributed by atoms with E-state index >= 15 is 0 Å². The van der Waals surface area contributed by atoms with Gasteiger partial charge in [-0.15, -0.1) is 0 Å². The van der Waals surface area contributed by atoms with Gasteiger partial charge in [-0.25, -0.2) is 9.98 Å². The van der Waals surface area contributed by atoms with Crippen molar-refractivity contribution >= 4 is 0 Å². The van der Waals surface area contributed by atoms with Gasteiger partial charge in [0.2, 0.25) is 0 Å². The van der Waals surface area contributed by atoms with E-state index in [9.17, 15) is 0 Å². The van der Waals surface area contributed by atoms with Crippen LogP contribution in [0.3, 0.4) is 0 Å². The third kappa shape index (κ3) is 3.67. The largest absolute Gasteiger partial charge is 0.354 e. The summed E-state index contributed by atoms with van der Waals surface area (Å²) in [5, 5.41) is 1.94. The summed E-state index contributed by atoms with van der Waals surface area (Å²) < 4.78 is 0. The van der Waals surface area contributed by atoms with Gasteiger partial charge in [-0.1, -0.05) is 19.4 Å². The Morgan fingerprint density at radius 3 is 2.13 bits per heavy atom. The highest BCUT2D eigenvalue weighted by Gasteiger charge is 2.04. The Kier molecular flexibility index (Phi) is 4.56. The molecule has 2 heterocycles.